The first-order valence-corrected chi connectivity index (χ1v) is 7.85. The molecule has 4 heteroatoms. The molecule has 0 spiro atoms. The summed E-state index contributed by atoms with van der Waals surface area (Å²) in [6.07, 6.45) is 2.36. The summed E-state index contributed by atoms with van der Waals surface area (Å²) in [5.41, 5.74) is 0.0119. The fraction of sp³-hybridized carbons (Fsp3) is 0.471. The van der Waals surface area contributed by atoms with Crippen molar-refractivity contribution in [3.63, 3.8) is 0 Å². The maximum atomic E-state index is 12.2. The zero-order chi connectivity index (χ0) is 14.7. The number of piperidine rings is 1. The summed E-state index contributed by atoms with van der Waals surface area (Å²) in [6.45, 7) is 6.33. The van der Waals surface area contributed by atoms with Gasteiger partial charge in [0.2, 0.25) is 0 Å². The van der Waals surface area contributed by atoms with Gasteiger partial charge in [0.25, 0.3) is 5.56 Å². The second-order valence-electron chi connectivity index (χ2n) is 5.81. The summed E-state index contributed by atoms with van der Waals surface area (Å²) in [5, 5.41) is 5.22. The average molecular weight is 285 g/mol. The minimum Gasteiger partial charge on any atom is -0.358 e. The number of H-pyrrole nitrogens is 1. The lowest BCUT2D eigenvalue weighted by Crippen LogP contribution is -2.38. The lowest BCUT2D eigenvalue weighted by Gasteiger charge is -2.33. The predicted molar refractivity (Wildman–Crippen MR) is 88.0 cm³/mol. The first-order valence-electron chi connectivity index (χ1n) is 7.85. The summed E-state index contributed by atoms with van der Waals surface area (Å²) < 4.78 is 0. The van der Waals surface area contributed by atoms with E-state index in [1.165, 1.54) is 12.8 Å². The van der Waals surface area contributed by atoms with E-state index in [0.29, 0.717) is 0 Å². The van der Waals surface area contributed by atoms with Crippen molar-refractivity contribution in [1.82, 2.24) is 10.3 Å². The van der Waals surface area contributed by atoms with E-state index in [9.17, 15) is 4.79 Å². The fourth-order valence-corrected chi connectivity index (χ4v) is 3.09. The molecule has 0 bridgehead atoms. The third-order valence-electron chi connectivity index (χ3n) is 4.38. The van der Waals surface area contributed by atoms with Crippen LogP contribution in [0.2, 0.25) is 0 Å². The van der Waals surface area contributed by atoms with Gasteiger partial charge in [-0.25, -0.2) is 0 Å². The highest BCUT2D eigenvalue weighted by Gasteiger charge is 2.19. The van der Waals surface area contributed by atoms with Crippen LogP contribution in [0.15, 0.2) is 35.1 Å². The lowest BCUT2D eigenvalue weighted by molar-refractivity contribution is 0.385. The van der Waals surface area contributed by atoms with E-state index in [4.69, 9.17) is 0 Å². The van der Waals surface area contributed by atoms with Gasteiger partial charge >= 0.3 is 0 Å². The Hall–Kier alpha value is -1.81. The molecule has 2 heterocycles. The fourth-order valence-electron chi connectivity index (χ4n) is 3.09. The van der Waals surface area contributed by atoms with Crippen molar-refractivity contribution in [3.8, 4) is 0 Å². The predicted octanol–water partition coefficient (Wildman–Crippen LogP) is 2.35. The maximum absolute atomic E-state index is 12.2. The van der Waals surface area contributed by atoms with Crippen LogP contribution in [0.3, 0.4) is 0 Å². The van der Waals surface area contributed by atoms with Crippen LogP contribution in [-0.2, 0) is 0 Å². The van der Waals surface area contributed by atoms with Gasteiger partial charge in [-0.3, -0.25) is 4.79 Å². The third kappa shape index (κ3) is 3.10. The van der Waals surface area contributed by atoms with E-state index < -0.39 is 0 Å². The molecule has 0 amide bonds. The number of rotatable bonds is 4. The molecular weight excluding hydrogens is 262 g/mol. The quantitative estimate of drug-likeness (QED) is 0.906. The molecule has 1 aromatic heterocycles. The molecule has 1 aliphatic rings. The summed E-state index contributed by atoms with van der Waals surface area (Å²) in [7, 11) is 0. The number of hydrogen-bond donors (Lipinski definition) is 2. The molecule has 112 valence electrons. The molecule has 0 unspecified atom stereocenters. The smallest absolute Gasteiger partial charge is 0.257 e. The van der Waals surface area contributed by atoms with Gasteiger partial charge in [0, 0.05) is 18.5 Å². The van der Waals surface area contributed by atoms with Crippen molar-refractivity contribution in [2.45, 2.75) is 19.8 Å². The Morgan fingerprint density at radius 3 is 2.81 bits per heavy atom. The number of aromatic nitrogens is 1. The second kappa shape index (κ2) is 6.31. The SMILES string of the molecule is CCNCC1CCN(c2cc3ccccc3c(=O)[nH]2)CC1. The maximum Gasteiger partial charge on any atom is 0.257 e. The topological polar surface area (TPSA) is 48.1 Å². The van der Waals surface area contributed by atoms with E-state index in [0.717, 1.165) is 48.7 Å². The standard InChI is InChI=1S/C17H23N3O/c1-2-18-12-13-7-9-20(10-8-13)16-11-14-5-3-4-6-15(14)17(21)19-16/h3-6,11,13,18H,2,7-10,12H2,1H3,(H,19,21). The van der Waals surface area contributed by atoms with Crippen molar-refractivity contribution in [3.05, 3.63) is 40.7 Å². The Balaban J connectivity index is 1.75. The Bertz CT molecular complexity index is 656. The van der Waals surface area contributed by atoms with E-state index in [1.807, 2.05) is 24.3 Å². The molecule has 2 aromatic rings. The molecule has 3 rings (SSSR count). The largest absolute Gasteiger partial charge is 0.358 e. The van der Waals surface area contributed by atoms with E-state index >= 15 is 0 Å². The minimum absolute atomic E-state index is 0.0119. The first kappa shape index (κ1) is 14.1. The van der Waals surface area contributed by atoms with Crippen LogP contribution in [0.25, 0.3) is 10.8 Å². The van der Waals surface area contributed by atoms with Crippen LogP contribution in [0.5, 0.6) is 0 Å². The number of hydrogen-bond acceptors (Lipinski definition) is 3. The number of fused-ring (bicyclic) bond motifs is 1. The highest BCUT2D eigenvalue weighted by atomic mass is 16.1. The second-order valence-corrected chi connectivity index (χ2v) is 5.81. The minimum atomic E-state index is 0.0119. The van der Waals surface area contributed by atoms with Gasteiger partial charge in [-0.15, -0.1) is 0 Å². The van der Waals surface area contributed by atoms with Gasteiger partial charge in [-0.05, 0) is 49.4 Å². The van der Waals surface area contributed by atoms with E-state index in [1.54, 1.807) is 0 Å². The number of benzene rings is 1. The molecule has 0 saturated carbocycles. The van der Waals surface area contributed by atoms with Crippen LogP contribution in [-0.4, -0.2) is 31.2 Å². The van der Waals surface area contributed by atoms with Gasteiger partial charge in [0.1, 0.15) is 5.82 Å². The highest BCUT2D eigenvalue weighted by molar-refractivity contribution is 5.83. The number of anilines is 1. The normalized spacial score (nSPS) is 16.5. The molecular formula is C17H23N3O. The Morgan fingerprint density at radius 2 is 2.05 bits per heavy atom. The van der Waals surface area contributed by atoms with Crippen molar-refractivity contribution in [2.75, 3.05) is 31.1 Å². The van der Waals surface area contributed by atoms with Crippen molar-refractivity contribution in [1.29, 1.82) is 0 Å². The summed E-state index contributed by atoms with van der Waals surface area (Å²) >= 11 is 0. The first-order chi connectivity index (χ1) is 10.3. The van der Waals surface area contributed by atoms with Crippen LogP contribution in [0.1, 0.15) is 19.8 Å². The van der Waals surface area contributed by atoms with Crippen LogP contribution in [0.4, 0.5) is 5.82 Å². The van der Waals surface area contributed by atoms with Crippen LogP contribution in [0, 0.1) is 5.92 Å². The van der Waals surface area contributed by atoms with Crippen LogP contribution >= 0.6 is 0 Å². The van der Waals surface area contributed by atoms with Gasteiger partial charge < -0.3 is 15.2 Å². The number of nitrogens with one attached hydrogen (secondary N) is 2. The van der Waals surface area contributed by atoms with Gasteiger partial charge in [0.05, 0.1) is 0 Å². The van der Waals surface area contributed by atoms with E-state index in [-0.39, 0.29) is 5.56 Å². The van der Waals surface area contributed by atoms with Gasteiger partial charge in [0.15, 0.2) is 0 Å². The summed E-state index contributed by atoms with van der Waals surface area (Å²) in [4.78, 5) is 17.5. The molecule has 1 fully saturated rings. The summed E-state index contributed by atoms with van der Waals surface area (Å²) in [6, 6.07) is 9.87. The lowest BCUT2D eigenvalue weighted by atomic mass is 9.96. The highest BCUT2D eigenvalue weighted by Crippen LogP contribution is 2.22. The average Bonchev–Trinajstić information content (AvgIpc) is 2.53. The van der Waals surface area contributed by atoms with Crippen molar-refractivity contribution < 1.29 is 0 Å². The third-order valence-corrected chi connectivity index (χ3v) is 4.38. The molecule has 0 atom stereocenters. The molecule has 1 aliphatic heterocycles. The molecule has 1 aromatic carbocycles. The van der Waals surface area contributed by atoms with Crippen molar-refractivity contribution in [2.24, 2.45) is 5.92 Å². The van der Waals surface area contributed by atoms with E-state index in [2.05, 4.69) is 28.2 Å². The Morgan fingerprint density at radius 1 is 1.29 bits per heavy atom. The zero-order valence-corrected chi connectivity index (χ0v) is 12.6. The molecule has 21 heavy (non-hydrogen) atoms. The zero-order valence-electron chi connectivity index (χ0n) is 12.6. The molecule has 4 nitrogen and oxygen atoms in total. The number of aromatic amines is 1. The molecule has 0 radical (unpaired) electrons. The molecule has 2 N–H and O–H groups in total. The monoisotopic (exact) mass is 285 g/mol. The summed E-state index contributed by atoms with van der Waals surface area (Å²) in [5.74, 6) is 1.72. The number of nitrogens with zero attached hydrogens (tertiary/aromatic N) is 1. The van der Waals surface area contributed by atoms with Crippen LogP contribution < -0.4 is 15.8 Å². The number of pyridine rings is 1. The molecule has 0 aliphatic carbocycles. The molecule has 1 saturated heterocycles. The Labute approximate surface area is 125 Å². The van der Waals surface area contributed by atoms with Crippen molar-refractivity contribution >= 4 is 16.6 Å². The van der Waals surface area contributed by atoms with Gasteiger partial charge in [-0.2, -0.15) is 0 Å². The Kier molecular flexibility index (Phi) is 4.25. The van der Waals surface area contributed by atoms with Gasteiger partial charge in [-0.1, -0.05) is 25.1 Å².